The summed E-state index contributed by atoms with van der Waals surface area (Å²) in [6.45, 7) is 4.11. The average Bonchev–Trinajstić information content (AvgIpc) is 3.23. The molecule has 0 bridgehead atoms. The number of fused-ring (bicyclic) bond motifs is 1. The van der Waals surface area contributed by atoms with Crippen molar-refractivity contribution in [3.05, 3.63) is 30.3 Å². The van der Waals surface area contributed by atoms with Crippen molar-refractivity contribution in [2.75, 3.05) is 26.2 Å². The lowest BCUT2D eigenvalue weighted by Gasteiger charge is -2.32. The van der Waals surface area contributed by atoms with Crippen LogP contribution in [0.5, 0.6) is 0 Å². The van der Waals surface area contributed by atoms with Crippen LogP contribution >= 0.6 is 11.8 Å². The minimum atomic E-state index is -0.201. The van der Waals surface area contributed by atoms with Gasteiger partial charge in [0.1, 0.15) is 0 Å². The molecule has 1 amide bonds. The lowest BCUT2D eigenvalue weighted by atomic mass is 10.0. The van der Waals surface area contributed by atoms with Gasteiger partial charge in [0.2, 0.25) is 5.91 Å². The fraction of sp³-hybridized carbons (Fsp3) is 0.611. The van der Waals surface area contributed by atoms with Gasteiger partial charge in [-0.3, -0.25) is 4.79 Å². The van der Waals surface area contributed by atoms with Crippen LogP contribution in [0.4, 0.5) is 0 Å². The van der Waals surface area contributed by atoms with Gasteiger partial charge in [-0.05, 0) is 36.8 Å². The second-order valence-electron chi connectivity index (χ2n) is 7.01. The first-order valence-corrected chi connectivity index (χ1v) is 9.33. The minimum Gasteiger partial charge on any atom is -0.341 e. The first-order chi connectivity index (χ1) is 10.8. The van der Waals surface area contributed by atoms with Gasteiger partial charge in [0.15, 0.2) is 0 Å². The number of rotatable bonds is 3. The number of likely N-dealkylation sites (tertiary alicyclic amines) is 1. The maximum atomic E-state index is 13.3. The van der Waals surface area contributed by atoms with E-state index in [0.29, 0.717) is 17.7 Å². The molecule has 3 fully saturated rings. The van der Waals surface area contributed by atoms with E-state index < -0.39 is 0 Å². The van der Waals surface area contributed by atoms with Gasteiger partial charge in [0.05, 0.1) is 4.75 Å². The predicted octanol–water partition coefficient (Wildman–Crippen LogP) is 2.77. The van der Waals surface area contributed by atoms with Gasteiger partial charge in [0, 0.05) is 31.1 Å². The molecule has 0 spiro atoms. The van der Waals surface area contributed by atoms with Crippen molar-refractivity contribution >= 4 is 17.7 Å². The summed E-state index contributed by atoms with van der Waals surface area (Å²) in [6.07, 6.45) is 4.45. The first kappa shape index (κ1) is 14.6. The van der Waals surface area contributed by atoms with E-state index in [1.807, 2.05) is 17.8 Å². The van der Waals surface area contributed by atoms with Crippen molar-refractivity contribution in [2.45, 2.75) is 35.3 Å². The highest BCUT2D eigenvalue weighted by Gasteiger charge is 2.48. The van der Waals surface area contributed by atoms with E-state index in [4.69, 9.17) is 0 Å². The van der Waals surface area contributed by atoms with E-state index in [0.717, 1.165) is 39.0 Å². The Hall–Kier alpha value is -1.00. The molecule has 3 nitrogen and oxygen atoms in total. The molecule has 2 aliphatic heterocycles. The van der Waals surface area contributed by atoms with Crippen LogP contribution in [0.25, 0.3) is 0 Å². The second-order valence-corrected chi connectivity index (χ2v) is 8.46. The zero-order valence-corrected chi connectivity index (χ0v) is 13.8. The zero-order valence-electron chi connectivity index (χ0n) is 13.0. The molecule has 0 aromatic heterocycles. The number of hydrogen-bond donors (Lipinski definition) is 1. The maximum Gasteiger partial charge on any atom is 0.239 e. The number of nitrogens with zero attached hydrogens (tertiary/aromatic N) is 1. The largest absolute Gasteiger partial charge is 0.341 e. The maximum absolute atomic E-state index is 13.3. The van der Waals surface area contributed by atoms with Crippen LogP contribution in [0.15, 0.2) is 35.2 Å². The van der Waals surface area contributed by atoms with Crippen LogP contribution in [0.1, 0.15) is 25.7 Å². The standard InChI is InChI=1S/C18H24N2OS/c21-17(20-12-14-10-19-11-15(14)13-20)18(8-4-5-9-18)22-16-6-2-1-3-7-16/h1-3,6-7,14-15,19H,4-5,8-13H2/t14-,15+. The Morgan fingerprint density at radius 1 is 1.09 bits per heavy atom. The van der Waals surface area contributed by atoms with Crippen LogP contribution < -0.4 is 5.32 Å². The highest BCUT2D eigenvalue weighted by molar-refractivity contribution is 8.01. The van der Waals surface area contributed by atoms with Crippen molar-refractivity contribution in [3.63, 3.8) is 0 Å². The summed E-state index contributed by atoms with van der Waals surface area (Å²) in [7, 11) is 0. The van der Waals surface area contributed by atoms with Gasteiger partial charge < -0.3 is 10.2 Å². The SMILES string of the molecule is O=C(N1C[C@H]2CNC[C@H]2C1)C1(Sc2ccccc2)CCCC1. The van der Waals surface area contributed by atoms with Crippen LogP contribution in [0, 0.1) is 11.8 Å². The van der Waals surface area contributed by atoms with E-state index in [9.17, 15) is 4.79 Å². The molecule has 3 aliphatic rings. The van der Waals surface area contributed by atoms with Crippen molar-refractivity contribution in [1.82, 2.24) is 10.2 Å². The topological polar surface area (TPSA) is 32.3 Å². The number of hydrogen-bond acceptors (Lipinski definition) is 3. The molecule has 1 saturated carbocycles. The van der Waals surface area contributed by atoms with Gasteiger partial charge in [-0.15, -0.1) is 11.8 Å². The summed E-state index contributed by atoms with van der Waals surface area (Å²) in [5.41, 5.74) is 0. The molecule has 22 heavy (non-hydrogen) atoms. The van der Waals surface area contributed by atoms with E-state index in [-0.39, 0.29) is 4.75 Å². The third kappa shape index (κ3) is 2.56. The molecule has 0 unspecified atom stereocenters. The molecule has 4 rings (SSSR count). The van der Waals surface area contributed by atoms with Crippen molar-refractivity contribution in [1.29, 1.82) is 0 Å². The van der Waals surface area contributed by atoms with Gasteiger partial charge in [-0.1, -0.05) is 31.0 Å². The Morgan fingerprint density at radius 2 is 1.73 bits per heavy atom. The Labute approximate surface area is 136 Å². The highest BCUT2D eigenvalue weighted by Crippen LogP contribution is 2.47. The summed E-state index contributed by atoms with van der Waals surface area (Å²) < 4.78 is -0.201. The number of benzene rings is 1. The lowest BCUT2D eigenvalue weighted by Crippen LogP contribution is -2.45. The Kier molecular flexibility index (Phi) is 3.91. The fourth-order valence-electron chi connectivity index (χ4n) is 4.33. The fourth-order valence-corrected chi connectivity index (χ4v) is 5.78. The summed E-state index contributed by atoms with van der Waals surface area (Å²) in [4.78, 5) is 16.7. The Bertz CT molecular complexity index is 529. The predicted molar refractivity (Wildman–Crippen MR) is 89.9 cm³/mol. The van der Waals surface area contributed by atoms with E-state index >= 15 is 0 Å². The zero-order chi connectivity index (χ0) is 15.0. The molecule has 1 aromatic rings. The second kappa shape index (κ2) is 5.89. The van der Waals surface area contributed by atoms with E-state index in [2.05, 4.69) is 34.5 Å². The summed E-state index contributed by atoms with van der Waals surface area (Å²) in [5.74, 6) is 1.78. The normalized spacial score (nSPS) is 29.7. The average molecular weight is 316 g/mol. The summed E-state index contributed by atoms with van der Waals surface area (Å²) >= 11 is 1.81. The van der Waals surface area contributed by atoms with Gasteiger partial charge in [-0.2, -0.15) is 0 Å². The molecule has 2 atom stereocenters. The van der Waals surface area contributed by atoms with Crippen LogP contribution in [0.2, 0.25) is 0 Å². The molecule has 2 saturated heterocycles. The van der Waals surface area contributed by atoms with Gasteiger partial charge >= 0.3 is 0 Å². The molecular weight excluding hydrogens is 292 g/mol. The van der Waals surface area contributed by atoms with Crippen LogP contribution in [-0.4, -0.2) is 41.7 Å². The minimum absolute atomic E-state index is 0.201. The lowest BCUT2D eigenvalue weighted by molar-refractivity contribution is -0.132. The molecule has 118 valence electrons. The number of nitrogens with one attached hydrogen (secondary N) is 1. The van der Waals surface area contributed by atoms with Crippen molar-refractivity contribution < 1.29 is 4.79 Å². The molecule has 0 radical (unpaired) electrons. The number of carbonyl (C=O) groups excluding carboxylic acids is 1. The number of carbonyl (C=O) groups is 1. The molecule has 1 N–H and O–H groups in total. The van der Waals surface area contributed by atoms with E-state index in [1.54, 1.807) is 0 Å². The Balaban J connectivity index is 1.53. The quantitative estimate of drug-likeness (QED) is 0.931. The third-order valence-corrected chi connectivity index (χ3v) is 7.02. The number of amides is 1. The first-order valence-electron chi connectivity index (χ1n) is 8.51. The smallest absolute Gasteiger partial charge is 0.239 e. The van der Waals surface area contributed by atoms with Crippen LogP contribution in [0.3, 0.4) is 0 Å². The molecule has 4 heteroatoms. The number of thioether (sulfide) groups is 1. The summed E-state index contributed by atoms with van der Waals surface area (Å²) in [6, 6.07) is 10.5. The Morgan fingerprint density at radius 3 is 2.36 bits per heavy atom. The van der Waals surface area contributed by atoms with Crippen molar-refractivity contribution in [2.24, 2.45) is 11.8 Å². The highest BCUT2D eigenvalue weighted by atomic mass is 32.2. The molecular formula is C18H24N2OS. The molecule has 2 heterocycles. The van der Waals surface area contributed by atoms with E-state index in [1.165, 1.54) is 17.7 Å². The monoisotopic (exact) mass is 316 g/mol. The third-order valence-electron chi connectivity index (χ3n) is 5.53. The van der Waals surface area contributed by atoms with Gasteiger partial charge in [-0.25, -0.2) is 0 Å². The molecule has 1 aromatic carbocycles. The van der Waals surface area contributed by atoms with Gasteiger partial charge in [0.25, 0.3) is 0 Å². The van der Waals surface area contributed by atoms with Crippen LogP contribution in [-0.2, 0) is 4.79 Å². The molecule has 1 aliphatic carbocycles. The summed E-state index contributed by atoms with van der Waals surface area (Å²) in [5, 5.41) is 3.46. The van der Waals surface area contributed by atoms with Crippen molar-refractivity contribution in [3.8, 4) is 0 Å².